The maximum atomic E-state index is 13.6. The largest absolute Gasteiger partial charge is 0.477 e. The van der Waals surface area contributed by atoms with Crippen molar-refractivity contribution < 1.29 is 23.1 Å². The van der Waals surface area contributed by atoms with Gasteiger partial charge in [0.05, 0.1) is 0 Å². The predicted molar refractivity (Wildman–Crippen MR) is 60.4 cm³/mol. The number of nitrogens with zero attached hydrogens (tertiary/aromatic N) is 2. The maximum absolute atomic E-state index is 13.6. The van der Waals surface area contributed by atoms with Crippen molar-refractivity contribution in [1.29, 1.82) is 0 Å². The monoisotopic (exact) mass is 275 g/mol. The summed E-state index contributed by atoms with van der Waals surface area (Å²) < 4.78 is 39.8. The van der Waals surface area contributed by atoms with Gasteiger partial charge in [-0.25, -0.2) is 23.0 Å². The number of carbonyl (C=O) groups is 1. The minimum Gasteiger partial charge on any atom is -0.477 e. The number of hydrogen-bond acceptors (Lipinski definition) is 2. The molecule has 0 amide bonds. The standard InChI is InChI=1S/C9H8F3N5O2/c10-2-1-3(16-9(15)17-8(13)14)6(12)4(5(2)11)7(18)19/h1H,(H,18,19)(H6,13,14,15,16,17). The highest BCUT2D eigenvalue weighted by molar-refractivity contribution is 5.94. The van der Waals surface area contributed by atoms with Gasteiger partial charge in [-0.15, -0.1) is 0 Å². The van der Waals surface area contributed by atoms with E-state index in [1.54, 1.807) is 0 Å². The van der Waals surface area contributed by atoms with Crippen molar-refractivity contribution in [1.82, 2.24) is 0 Å². The SMILES string of the molecule is NC(N)=NC(N)=Nc1cc(F)c(F)c(C(=O)O)c1F. The molecule has 19 heavy (non-hydrogen) atoms. The summed E-state index contributed by atoms with van der Waals surface area (Å²) >= 11 is 0. The third-order valence-electron chi connectivity index (χ3n) is 1.83. The van der Waals surface area contributed by atoms with E-state index < -0.39 is 46.6 Å². The molecule has 0 unspecified atom stereocenters. The predicted octanol–water partition coefficient (Wildman–Crippen LogP) is 0.0217. The lowest BCUT2D eigenvalue weighted by Crippen LogP contribution is -2.26. The fraction of sp³-hybridized carbons (Fsp3) is 0. The molecule has 1 aromatic rings. The fourth-order valence-electron chi connectivity index (χ4n) is 1.14. The lowest BCUT2D eigenvalue weighted by Gasteiger charge is -2.04. The molecule has 1 rings (SSSR count). The molecule has 0 aliphatic rings. The van der Waals surface area contributed by atoms with Gasteiger partial charge in [-0.05, 0) is 0 Å². The van der Waals surface area contributed by atoms with E-state index in [1.807, 2.05) is 0 Å². The van der Waals surface area contributed by atoms with Gasteiger partial charge in [-0.1, -0.05) is 0 Å². The van der Waals surface area contributed by atoms with Gasteiger partial charge in [0, 0.05) is 6.07 Å². The Balaban J connectivity index is 3.47. The van der Waals surface area contributed by atoms with Crippen LogP contribution in [0, 0.1) is 17.5 Å². The summed E-state index contributed by atoms with van der Waals surface area (Å²) in [5.74, 6) is -8.19. The van der Waals surface area contributed by atoms with Gasteiger partial charge in [0.25, 0.3) is 0 Å². The third-order valence-corrected chi connectivity index (χ3v) is 1.83. The van der Waals surface area contributed by atoms with Crippen molar-refractivity contribution in [3.05, 3.63) is 29.1 Å². The Bertz CT molecular complexity index is 596. The highest BCUT2D eigenvalue weighted by Gasteiger charge is 2.24. The number of rotatable bonds is 2. The van der Waals surface area contributed by atoms with E-state index in [4.69, 9.17) is 22.3 Å². The van der Waals surface area contributed by atoms with Crippen LogP contribution >= 0.6 is 0 Å². The Labute approximate surface area is 104 Å². The Hall–Kier alpha value is -2.78. The maximum Gasteiger partial charge on any atom is 0.341 e. The molecule has 0 aromatic heterocycles. The quantitative estimate of drug-likeness (QED) is 0.342. The summed E-state index contributed by atoms with van der Waals surface area (Å²) in [6, 6.07) is 0.326. The molecule has 7 N–H and O–H groups in total. The lowest BCUT2D eigenvalue weighted by molar-refractivity contribution is 0.0685. The number of aliphatic imine (C=N–C) groups is 2. The Morgan fingerprint density at radius 2 is 1.74 bits per heavy atom. The number of carboxylic acids is 1. The van der Waals surface area contributed by atoms with Crippen molar-refractivity contribution in [3.63, 3.8) is 0 Å². The smallest absolute Gasteiger partial charge is 0.341 e. The molecule has 0 saturated carbocycles. The summed E-state index contributed by atoms with van der Waals surface area (Å²) in [5, 5.41) is 8.58. The second-order valence-corrected chi connectivity index (χ2v) is 3.19. The fourth-order valence-corrected chi connectivity index (χ4v) is 1.14. The van der Waals surface area contributed by atoms with Gasteiger partial charge in [0.15, 0.2) is 23.4 Å². The first-order valence-electron chi connectivity index (χ1n) is 4.58. The molecule has 1 aromatic carbocycles. The number of guanidine groups is 2. The number of hydrogen-bond donors (Lipinski definition) is 4. The zero-order chi connectivity index (χ0) is 14.7. The van der Waals surface area contributed by atoms with Crippen LogP contribution in [0.3, 0.4) is 0 Å². The van der Waals surface area contributed by atoms with E-state index in [0.29, 0.717) is 6.07 Å². The average molecular weight is 275 g/mol. The molecular formula is C9H8F3N5O2. The van der Waals surface area contributed by atoms with Crippen LogP contribution in [0.1, 0.15) is 10.4 Å². The highest BCUT2D eigenvalue weighted by atomic mass is 19.2. The lowest BCUT2D eigenvalue weighted by atomic mass is 10.1. The van der Waals surface area contributed by atoms with Crippen LogP contribution in [0.4, 0.5) is 18.9 Å². The van der Waals surface area contributed by atoms with E-state index >= 15 is 0 Å². The summed E-state index contributed by atoms with van der Waals surface area (Å²) in [6.45, 7) is 0. The number of aromatic carboxylic acids is 1. The molecule has 0 bridgehead atoms. The normalized spacial score (nSPS) is 11.2. The molecule has 10 heteroatoms. The van der Waals surface area contributed by atoms with Gasteiger partial charge in [-0.3, -0.25) is 0 Å². The molecule has 0 aliphatic carbocycles. The van der Waals surface area contributed by atoms with E-state index in [1.165, 1.54) is 0 Å². The van der Waals surface area contributed by atoms with Crippen molar-refractivity contribution in [2.45, 2.75) is 0 Å². The molecule has 0 fully saturated rings. The minimum atomic E-state index is -1.99. The summed E-state index contributed by atoms with van der Waals surface area (Å²) in [5.41, 5.74) is 12.7. The molecule has 0 saturated heterocycles. The minimum absolute atomic E-state index is 0.326. The Kier molecular flexibility index (Phi) is 3.94. The van der Waals surface area contributed by atoms with Crippen LogP contribution in [0.5, 0.6) is 0 Å². The van der Waals surface area contributed by atoms with Gasteiger partial charge in [-0.2, -0.15) is 4.99 Å². The Morgan fingerprint density at radius 3 is 2.21 bits per heavy atom. The third kappa shape index (κ3) is 3.12. The molecule has 0 aliphatic heterocycles. The van der Waals surface area contributed by atoms with Crippen molar-refractivity contribution in [2.24, 2.45) is 27.2 Å². The zero-order valence-electron chi connectivity index (χ0n) is 9.19. The first-order valence-corrected chi connectivity index (χ1v) is 4.58. The molecule has 0 spiro atoms. The number of benzene rings is 1. The van der Waals surface area contributed by atoms with Crippen molar-refractivity contribution >= 4 is 23.6 Å². The van der Waals surface area contributed by atoms with E-state index in [-0.39, 0.29) is 0 Å². The van der Waals surface area contributed by atoms with Gasteiger partial charge < -0.3 is 22.3 Å². The number of nitrogens with two attached hydrogens (primary N) is 3. The second kappa shape index (κ2) is 5.25. The molecule has 0 heterocycles. The van der Waals surface area contributed by atoms with E-state index in [2.05, 4.69) is 9.98 Å². The Morgan fingerprint density at radius 1 is 1.16 bits per heavy atom. The molecule has 0 radical (unpaired) electrons. The van der Waals surface area contributed by atoms with Gasteiger partial charge >= 0.3 is 5.97 Å². The first-order chi connectivity index (χ1) is 8.73. The summed E-state index contributed by atoms with van der Waals surface area (Å²) in [6.07, 6.45) is 0. The van der Waals surface area contributed by atoms with Crippen LogP contribution in [0.2, 0.25) is 0 Å². The number of carboxylic acid groups (broad SMARTS) is 1. The van der Waals surface area contributed by atoms with Crippen LogP contribution in [0.25, 0.3) is 0 Å². The topological polar surface area (TPSA) is 140 Å². The molecular weight excluding hydrogens is 267 g/mol. The van der Waals surface area contributed by atoms with E-state index in [9.17, 15) is 18.0 Å². The van der Waals surface area contributed by atoms with Crippen molar-refractivity contribution in [2.75, 3.05) is 0 Å². The second-order valence-electron chi connectivity index (χ2n) is 3.19. The molecule has 7 nitrogen and oxygen atoms in total. The highest BCUT2D eigenvalue weighted by Crippen LogP contribution is 2.26. The number of halogens is 3. The van der Waals surface area contributed by atoms with E-state index in [0.717, 1.165) is 0 Å². The van der Waals surface area contributed by atoms with Crippen LogP contribution in [-0.2, 0) is 0 Å². The molecule has 0 atom stereocenters. The summed E-state index contributed by atoms with van der Waals surface area (Å²) in [7, 11) is 0. The van der Waals surface area contributed by atoms with Crippen molar-refractivity contribution in [3.8, 4) is 0 Å². The first kappa shape index (κ1) is 14.3. The zero-order valence-corrected chi connectivity index (χ0v) is 9.19. The van der Waals surface area contributed by atoms with Crippen LogP contribution < -0.4 is 17.2 Å². The van der Waals surface area contributed by atoms with Gasteiger partial charge in [0.1, 0.15) is 11.3 Å². The van der Waals surface area contributed by atoms with Crippen LogP contribution in [-0.4, -0.2) is 23.0 Å². The summed E-state index contributed by atoms with van der Waals surface area (Å²) in [4.78, 5) is 17.1. The average Bonchev–Trinajstić information content (AvgIpc) is 2.24. The molecule has 102 valence electrons. The van der Waals surface area contributed by atoms with Gasteiger partial charge in [0.2, 0.25) is 5.96 Å². The van der Waals surface area contributed by atoms with Crippen LogP contribution in [0.15, 0.2) is 16.1 Å².